The molecule has 2 aromatic rings. The first kappa shape index (κ1) is 30.1. The zero-order chi connectivity index (χ0) is 25.2. The number of rotatable bonds is 9. The first-order valence-corrected chi connectivity index (χ1v) is 13.0. The largest absolute Gasteiger partial charge is 0.461 e. The Labute approximate surface area is 205 Å². The molecule has 0 aliphatic heterocycles. The summed E-state index contributed by atoms with van der Waals surface area (Å²) in [5, 5.41) is 0.854. The van der Waals surface area contributed by atoms with Crippen molar-refractivity contribution < 1.29 is 22.7 Å². The molecule has 0 radical (unpaired) electrons. The number of nitrogens with two attached hydrogens (primary N) is 1. The highest BCUT2D eigenvalue weighted by Gasteiger charge is 2.35. The van der Waals surface area contributed by atoms with Crippen LogP contribution in [0.4, 0.5) is 0 Å². The van der Waals surface area contributed by atoms with Gasteiger partial charge in [-0.25, -0.2) is 13.2 Å². The van der Waals surface area contributed by atoms with Gasteiger partial charge in [-0.15, -0.1) is 0 Å². The number of aromatic nitrogens is 1. The van der Waals surface area contributed by atoms with Gasteiger partial charge in [0.2, 0.25) is 10.0 Å². The molecule has 3 atom stereocenters. The van der Waals surface area contributed by atoms with E-state index in [9.17, 15) is 13.2 Å². The molecule has 0 fully saturated rings. The lowest BCUT2D eigenvalue weighted by atomic mass is 9.90. The highest BCUT2D eigenvalue weighted by Crippen LogP contribution is 2.26. The molecule has 1 aromatic heterocycles. The summed E-state index contributed by atoms with van der Waals surface area (Å²) in [5.74, 6) is -0.599. The molecule has 3 N–H and O–H groups in total. The van der Waals surface area contributed by atoms with Crippen molar-refractivity contribution in [2.45, 2.75) is 79.7 Å². The van der Waals surface area contributed by atoms with Crippen LogP contribution in [0.25, 0.3) is 10.9 Å². The summed E-state index contributed by atoms with van der Waals surface area (Å²) in [6.07, 6.45) is 2.01. The highest BCUT2D eigenvalue weighted by molar-refractivity contribution is 7.88. The third-order valence-electron chi connectivity index (χ3n) is 5.76. The number of nitrogens with one attached hydrogen (secondary N) is 1. The maximum atomic E-state index is 12.8. The number of hydrogen-bond donors (Lipinski definition) is 2. The topological polar surface area (TPSA) is 115 Å². The number of esters is 1. The second-order valence-electron chi connectivity index (χ2n) is 10.6. The fourth-order valence-electron chi connectivity index (χ4n) is 3.46. The van der Waals surface area contributed by atoms with Crippen LogP contribution in [0.15, 0.2) is 30.5 Å². The molecule has 0 saturated carbocycles. The van der Waals surface area contributed by atoms with Crippen LogP contribution in [0.1, 0.15) is 67.5 Å². The highest BCUT2D eigenvalue weighted by atomic mass is 32.2. The molecule has 0 saturated heterocycles. The summed E-state index contributed by atoms with van der Waals surface area (Å²) >= 11 is 0. The van der Waals surface area contributed by atoms with Crippen molar-refractivity contribution in [2.24, 2.45) is 11.1 Å². The molecule has 0 aliphatic carbocycles. The van der Waals surface area contributed by atoms with E-state index in [-0.39, 0.29) is 32.1 Å². The quantitative estimate of drug-likeness (QED) is 0.501. The first-order chi connectivity index (χ1) is 15.0. The normalized spacial score (nSPS) is 15.6. The van der Waals surface area contributed by atoms with Crippen LogP contribution in [0.3, 0.4) is 0 Å². The van der Waals surface area contributed by atoms with Gasteiger partial charge in [-0.05, 0) is 39.2 Å². The summed E-state index contributed by atoms with van der Waals surface area (Å²) in [7, 11) is -3.52. The van der Waals surface area contributed by atoms with Crippen molar-refractivity contribution in [3.05, 3.63) is 36.0 Å². The van der Waals surface area contributed by atoms with E-state index < -0.39 is 33.7 Å². The van der Waals surface area contributed by atoms with Crippen molar-refractivity contribution in [3.8, 4) is 0 Å². The van der Waals surface area contributed by atoms with Gasteiger partial charge in [0.15, 0.2) is 0 Å². The first-order valence-electron chi connectivity index (χ1n) is 11.1. The molecule has 1 aromatic carbocycles. The molecule has 2 rings (SSSR count). The fourth-order valence-corrected chi connectivity index (χ4v) is 4.89. The predicted octanol–water partition coefficient (Wildman–Crippen LogP) is 4.23. The number of hydrogen-bond acceptors (Lipinski definition) is 6. The zero-order valence-electron chi connectivity index (χ0n) is 21.0. The lowest BCUT2D eigenvalue weighted by Crippen LogP contribution is -2.51. The molecule has 0 amide bonds. The third kappa shape index (κ3) is 7.80. The Hall–Kier alpha value is -1.94. The summed E-state index contributed by atoms with van der Waals surface area (Å²) in [6.45, 7) is 13.4. The van der Waals surface area contributed by atoms with Crippen LogP contribution >= 0.6 is 0 Å². The van der Waals surface area contributed by atoms with Crippen molar-refractivity contribution in [3.63, 3.8) is 0 Å². The van der Waals surface area contributed by atoms with Crippen molar-refractivity contribution in [1.29, 1.82) is 0 Å². The zero-order valence-corrected chi connectivity index (χ0v) is 21.8. The van der Waals surface area contributed by atoms with Gasteiger partial charge in [0.05, 0.1) is 12.4 Å². The van der Waals surface area contributed by atoms with Crippen LogP contribution in [0, 0.1) is 5.41 Å². The number of carbonyl (C=O) groups is 1. The second-order valence-corrected chi connectivity index (χ2v) is 12.5. The van der Waals surface area contributed by atoms with E-state index in [1.807, 2.05) is 72.7 Å². The van der Waals surface area contributed by atoms with Gasteiger partial charge in [-0.2, -0.15) is 4.31 Å². The minimum atomic E-state index is -3.52. The number of ether oxygens (including phenoxy) is 2. The Bertz CT molecular complexity index is 1050. The number of benzene rings is 1. The molecular formula is C25H43N3O5S. The SMILES string of the molecule is C.C[C@H](O[C@H](COC(=O)[C@@H](N)c1c[nH]c2ccccc12)CN(C(C)(C)C)S(C)(=O)=O)C(C)(C)C. The fraction of sp³-hybridized carbons (Fsp3) is 0.640. The van der Waals surface area contributed by atoms with Gasteiger partial charge < -0.3 is 20.2 Å². The van der Waals surface area contributed by atoms with E-state index in [1.54, 1.807) is 6.20 Å². The van der Waals surface area contributed by atoms with Gasteiger partial charge >= 0.3 is 5.97 Å². The monoisotopic (exact) mass is 497 g/mol. The molecule has 0 spiro atoms. The van der Waals surface area contributed by atoms with Gasteiger partial charge in [0, 0.05) is 34.7 Å². The number of para-hydroxylation sites is 1. The average Bonchev–Trinajstić information content (AvgIpc) is 3.10. The maximum Gasteiger partial charge on any atom is 0.327 e. The minimum absolute atomic E-state index is 0. The van der Waals surface area contributed by atoms with Crippen LogP contribution < -0.4 is 5.73 Å². The number of fused-ring (bicyclic) bond motifs is 1. The van der Waals surface area contributed by atoms with Gasteiger partial charge in [-0.3, -0.25) is 0 Å². The van der Waals surface area contributed by atoms with E-state index in [1.165, 1.54) is 10.6 Å². The summed E-state index contributed by atoms with van der Waals surface area (Å²) in [4.78, 5) is 15.9. The lowest BCUT2D eigenvalue weighted by Gasteiger charge is -2.38. The van der Waals surface area contributed by atoms with Crippen LogP contribution in [-0.4, -0.2) is 60.8 Å². The Morgan fingerprint density at radius 1 is 1.15 bits per heavy atom. The summed E-state index contributed by atoms with van der Waals surface area (Å²) in [5.41, 5.74) is 6.88. The molecule has 34 heavy (non-hydrogen) atoms. The maximum absolute atomic E-state index is 12.8. The van der Waals surface area contributed by atoms with Crippen molar-refractivity contribution in [2.75, 3.05) is 19.4 Å². The van der Waals surface area contributed by atoms with Crippen LogP contribution in [-0.2, 0) is 24.3 Å². The van der Waals surface area contributed by atoms with Crippen molar-refractivity contribution in [1.82, 2.24) is 9.29 Å². The van der Waals surface area contributed by atoms with E-state index in [0.29, 0.717) is 5.56 Å². The third-order valence-corrected chi connectivity index (χ3v) is 7.25. The van der Waals surface area contributed by atoms with Gasteiger partial charge in [0.25, 0.3) is 0 Å². The van der Waals surface area contributed by atoms with Crippen LogP contribution in [0.2, 0.25) is 0 Å². The number of carbonyl (C=O) groups excluding carboxylic acids is 1. The molecule has 9 heteroatoms. The Morgan fingerprint density at radius 3 is 2.26 bits per heavy atom. The van der Waals surface area contributed by atoms with Gasteiger partial charge in [-0.1, -0.05) is 46.4 Å². The molecule has 8 nitrogen and oxygen atoms in total. The standard InChI is InChI=1S/C24H39N3O5S.CH4/c1-16(23(2,3)4)32-17(14-27(24(5,6)7)33(8,29)30)15-31-22(28)21(25)19-13-26-20-12-10-9-11-18(19)20;/h9-13,16-17,21,26H,14-15,25H2,1-8H3;1H4/t16-,17-,21-;/m0./s1. The molecule has 194 valence electrons. The van der Waals surface area contributed by atoms with E-state index >= 15 is 0 Å². The lowest BCUT2D eigenvalue weighted by molar-refractivity contribution is -0.154. The van der Waals surface area contributed by atoms with Crippen molar-refractivity contribution >= 4 is 26.9 Å². The smallest absolute Gasteiger partial charge is 0.327 e. The number of sulfonamides is 1. The van der Waals surface area contributed by atoms with Crippen LogP contribution in [0.5, 0.6) is 0 Å². The molecule has 0 bridgehead atoms. The summed E-state index contributed by atoms with van der Waals surface area (Å²) < 4.78 is 38.0. The Kier molecular flexibility index (Phi) is 9.91. The molecule has 0 unspecified atom stereocenters. The minimum Gasteiger partial charge on any atom is -0.461 e. The average molecular weight is 498 g/mol. The molecule has 0 aliphatic rings. The second kappa shape index (κ2) is 11.2. The van der Waals surface area contributed by atoms with E-state index in [4.69, 9.17) is 15.2 Å². The van der Waals surface area contributed by atoms with E-state index in [0.717, 1.165) is 10.9 Å². The number of aromatic amines is 1. The molecular weight excluding hydrogens is 454 g/mol. The Balaban J connectivity index is 0.00000578. The molecule has 1 heterocycles. The predicted molar refractivity (Wildman–Crippen MR) is 138 cm³/mol. The van der Waals surface area contributed by atoms with E-state index in [2.05, 4.69) is 4.98 Å². The van der Waals surface area contributed by atoms with Gasteiger partial charge in [0.1, 0.15) is 18.8 Å². The number of nitrogens with zero attached hydrogens (tertiary/aromatic N) is 1. The number of H-pyrrole nitrogens is 1. The Morgan fingerprint density at radius 2 is 1.74 bits per heavy atom. The summed E-state index contributed by atoms with van der Waals surface area (Å²) in [6, 6.07) is 6.59.